The summed E-state index contributed by atoms with van der Waals surface area (Å²) >= 11 is 0. The molecule has 12 nitrogen and oxygen atoms in total. The summed E-state index contributed by atoms with van der Waals surface area (Å²) in [6.45, 7) is 7.06. The largest absolute Gasteiger partial charge is 0.497 e. The average Bonchev–Trinajstić information content (AvgIpc) is 3.55. The Morgan fingerprint density at radius 2 is 1.60 bits per heavy atom. The van der Waals surface area contributed by atoms with Gasteiger partial charge in [0.25, 0.3) is 5.91 Å². The van der Waals surface area contributed by atoms with Crippen LogP contribution in [-0.2, 0) is 20.0 Å². The van der Waals surface area contributed by atoms with Crippen LogP contribution in [0.2, 0.25) is 0 Å². The third kappa shape index (κ3) is 6.28. The van der Waals surface area contributed by atoms with E-state index in [-0.39, 0.29) is 26.7 Å². The molecule has 0 saturated carbocycles. The molecule has 3 heterocycles. The molecule has 1 unspecified atom stereocenters. The van der Waals surface area contributed by atoms with Crippen molar-refractivity contribution in [3.63, 3.8) is 0 Å². The quantitative estimate of drug-likeness (QED) is 0.262. The van der Waals surface area contributed by atoms with Gasteiger partial charge in [-0.2, -0.15) is 13.9 Å². The minimum atomic E-state index is -3.90. The molecule has 6 rings (SSSR count). The number of methoxy groups -OCH3 is 1. The number of nitriles is 1. The number of nitrogens with one attached hydrogen (secondary N) is 1. The highest BCUT2D eigenvalue weighted by molar-refractivity contribution is 7.89. The van der Waals surface area contributed by atoms with Crippen LogP contribution in [0.3, 0.4) is 0 Å². The van der Waals surface area contributed by atoms with Crippen molar-refractivity contribution in [2.24, 2.45) is 5.41 Å². The molecule has 2 aliphatic heterocycles. The summed E-state index contributed by atoms with van der Waals surface area (Å²) < 4.78 is 62.4. The number of hydrogen-bond acceptors (Lipinski definition) is 8. The smallest absolute Gasteiger partial charge is 0.256 e. The molecule has 3 aromatic carbocycles. The lowest BCUT2D eigenvalue weighted by molar-refractivity contribution is 0.0425. The number of amides is 1. The van der Waals surface area contributed by atoms with Crippen LogP contribution in [0.25, 0.3) is 11.0 Å². The van der Waals surface area contributed by atoms with E-state index >= 15 is 0 Å². The van der Waals surface area contributed by atoms with Crippen LogP contribution < -0.4 is 4.74 Å². The van der Waals surface area contributed by atoms with Crippen LogP contribution in [0.4, 0.5) is 0 Å². The molecule has 1 aromatic heterocycles. The Bertz CT molecular complexity index is 2190. The van der Waals surface area contributed by atoms with Crippen LogP contribution in [0, 0.1) is 30.6 Å². The summed E-state index contributed by atoms with van der Waals surface area (Å²) in [6, 6.07) is 16.4. The first-order valence-corrected chi connectivity index (χ1v) is 19.5. The minimum absolute atomic E-state index is 0.0418. The zero-order valence-electron chi connectivity index (χ0n) is 28.9. The number of aromatic nitrogens is 2. The van der Waals surface area contributed by atoms with E-state index < -0.39 is 26.1 Å². The van der Waals surface area contributed by atoms with Gasteiger partial charge in [0.05, 0.1) is 45.1 Å². The number of rotatable bonds is 8. The van der Waals surface area contributed by atoms with E-state index in [4.69, 9.17) is 9.72 Å². The molecule has 264 valence electrons. The van der Waals surface area contributed by atoms with Crippen LogP contribution in [0.5, 0.6) is 5.75 Å². The van der Waals surface area contributed by atoms with Crippen LogP contribution in [-0.4, -0.2) is 86.6 Å². The van der Waals surface area contributed by atoms with E-state index in [0.29, 0.717) is 78.3 Å². The van der Waals surface area contributed by atoms with Crippen molar-refractivity contribution in [3.05, 3.63) is 82.7 Å². The summed E-state index contributed by atoms with van der Waals surface area (Å²) in [5, 5.41) is 9.44. The number of aromatic amines is 1. The number of carbonyl (C=O) groups excluding carboxylic acids is 1. The maximum absolute atomic E-state index is 13.9. The summed E-state index contributed by atoms with van der Waals surface area (Å²) in [4.78, 5) is 24.0. The van der Waals surface area contributed by atoms with Gasteiger partial charge >= 0.3 is 0 Å². The van der Waals surface area contributed by atoms with Crippen molar-refractivity contribution in [2.45, 2.75) is 62.3 Å². The fourth-order valence-corrected chi connectivity index (χ4v) is 10.7. The monoisotopic (exact) mass is 718 g/mol. The number of likely N-dealkylation sites (tertiary alicyclic amines) is 1. The van der Waals surface area contributed by atoms with Gasteiger partial charge in [-0.15, -0.1) is 0 Å². The lowest BCUT2D eigenvalue weighted by atomic mass is 9.71. The number of benzene rings is 3. The number of piperidine rings is 2. The van der Waals surface area contributed by atoms with Gasteiger partial charge in [-0.05, 0) is 99.4 Å². The van der Waals surface area contributed by atoms with Crippen LogP contribution in [0.15, 0.2) is 64.4 Å². The fourth-order valence-electron chi connectivity index (χ4n) is 7.36. The van der Waals surface area contributed by atoms with Gasteiger partial charge in [0.2, 0.25) is 20.0 Å². The molecule has 0 radical (unpaired) electrons. The normalized spacial score (nSPS) is 17.6. The van der Waals surface area contributed by atoms with Gasteiger partial charge < -0.3 is 14.6 Å². The highest BCUT2D eigenvalue weighted by Gasteiger charge is 2.42. The second kappa shape index (κ2) is 13.4. The first-order valence-electron chi connectivity index (χ1n) is 16.6. The topological polar surface area (TPSA) is 157 Å². The molecule has 1 N–H and O–H groups in total. The van der Waals surface area contributed by atoms with Gasteiger partial charge in [-0.1, -0.05) is 18.2 Å². The SMILES string of the molecule is COc1cc(C)c(S(=O)(=O)N(C)C(C)c2nc3cccc(C(=O)N4CCC5(CC4)CCN(S(=O)(=O)c4ccccc4C#N)CC5)c3[nH]2)c(C)c1. The van der Waals surface area contributed by atoms with Crippen molar-refractivity contribution in [1.29, 1.82) is 5.26 Å². The van der Waals surface area contributed by atoms with Crippen molar-refractivity contribution in [3.8, 4) is 11.8 Å². The number of nitrogens with zero attached hydrogens (tertiary/aromatic N) is 5. The van der Waals surface area contributed by atoms with Crippen LogP contribution in [0.1, 0.15) is 71.5 Å². The molecular weight excluding hydrogens is 677 g/mol. The number of imidazole rings is 1. The van der Waals surface area contributed by atoms with Crippen LogP contribution >= 0.6 is 0 Å². The van der Waals surface area contributed by atoms with Crippen molar-refractivity contribution >= 4 is 37.0 Å². The number of carbonyl (C=O) groups is 1. The summed E-state index contributed by atoms with van der Waals surface area (Å²) in [6.07, 6.45) is 2.89. The fraction of sp³-hybridized carbons (Fsp3) is 0.417. The Hall–Kier alpha value is -4.29. The van der Waals surface area contributed by atoms with Crippen molar-refractivity contribution < 1.29 is 26.4 Å². The third-order valence-electron chi connectivity index (χ3n) is 10.5. The van der Waals surface area contributed by atoms with Gasteiger partial charge in [-0.25, -0.2) is 21.8 Å². The molecule has 2 fully saturated rings. The van der Waals surface area contributed by atoms with E-state index in [1.54, 1.807) is 70.3 Å². The molecule has 0 aliphatic carbocycles. The highest BCUT2D eigenvalue weighted by Crippen LogP contribution is 2.43. The Morgan fingerprint density at radius 1 is 0.980 bits per heavy atom. The van der Waals surface area contributed by atoms with E-state index in [0.717, 1.165) is 12.8 Å². The molecule has 1 atom stereocenters. The number of H-pyrrole nitrogens is 1. The molecule has 2 aliphatic rings. The van der Waals surface area contributed by atoms with E-state index in [1.807, 2.05) is 11.0 Å². The first-order chi connectivity index (χ1) is 23.7. The van der Waals surface area contributed by atoms with Crippen molar-refractivity contribution in [1.82, 2.24) is 23.5 Å². The van der Waals surface area contributed by atoms with E-state index in [9.17, 15) is 26.9 Å². The lowest BCUT2D eigenvalue weighted by Crippen LogP contribution is -2.49. The van der Waals surface area contributed by atoms with Gasteiger partial charge in [-0.3, -0.25) is 4.79 Å². The Balaban J connectivity index is 1.14. The molecular formula is C36H42N6O6S2. The summed E-state index contributed by atoms with van der Waals surface area (Å²) in [7, 11) is -4.62. The Labute approximate surface area is 293 Å². The number of sulfonamides is 2. The van der Waals surface area contributed by atoms with E-state index in [1.165, 1.54) is 27.8 Å². The molecule has 1 spiro atoms. The predicted molar refractivity (Wildman–Crippen MR) is 189 cm³/mol. The molecule has 14 heteroatoms. The highest BCUT2D eigenvalue weighted by atomic mass is 32.2. The van der Waals surface area contributed by atoms with E-state index in [2.05, 4.69) is 4.98 Å². The second-order valence-corrected chi connectivity index (χ2v) is 17.3. The number of para-hydroxylation sites is 1. The predicted octanol–water partition coefficient (Wildman–Crippen LogP) is 5.15. The molecule has 0 bridgehead atoms. The molecule has 50 heavy (non-hydrogen) atoms. The molecule has 4 aromatic rings. The lowest BCUT2D eigenvalue weighted by Gasteiger charge is -2.46. The molecule has 1 amide bonds. The van der Waals surface area contributed by atoms with Gasteiger partial charge in [0.1, 0.15) is 17.6 Å². The zero-order chi connectivity index (χ0) is 36.0. The Kier molecular flexibility index (Phi) is 9.55. The maximum atomic E-state index is 13.9. The number of aryl methyl sites for hydroxylation is 2. The minimum Gasteiger partial charge on any atom is -0.497 e. The number of ether oxygens (including phenoxy) is 1. The standard InChI is InChI=1S/C36H42N6O6S2/c1-24-21-28(48-5)22-25(2)33(24)50(46,47)40(4)26(3)34-38-30-11-8-10-29(32(30)39-34)35(43)41-17-13-36(14-18-41)15-19-42(20-16-36)49(44,45)31-12-7-6-9-27(31)23-37/h6-12,21-22,26H,13-20H2,1-5H3,(H,38,39). The first kappa shape index (κ1) is 35.5. The average molecular weight is 719 g/mol. The number of fused-ring (bicyclic) bond motifs is 1. The second-order valence-electron chi connectivity index (χ2n) is 13.4. The maximum Gasteiger partial charge on any atom is 0.256 e. The summed E-state index contributed by atoms with van der Waals surface area (Å²) in [5.74, 6) is 0.877. The van der Waals surface area contributed by atoms with Gasteiger partial charge in [0, 0.05) is 33.2 Å². The number of hydrogen-bond donors (Lipinski definition) is 1. The summed E-state index contributed by atoms with van der Waals surface area (Å²) in [5.41, 5.74) is 2.84. The zero-order valence-corrected chi connectivity index (χ0v) is 30.6. The van der Waals surface area contributed by atoms with Crippen molar-refractivity contribution in [2.75, 3.05) is 40.3 Å². The Morgan fingerprint density at radius 3 is 2.22 bits per heavy atom. The third-order valence-corrected chi connectivity index (χ3v) is 14.7. The molecule has 2 saturated heterocycles. The van der Waals surface area contributed by atoms with Gasteiger partial charge in [0.15, 0.2) is 0 Å².